The van der Waals surface area contributed by atoms with Crippen LogP contribution in [0.5, 0.6) is 0 Å². The Hall–Kier alpha value is -0.610. The first-order valence-corrected chi connectivity index (χ1v) is 6.36. The molecule has 1 unspecified atom stereocenters. The second-order valence-electron chi connectivity index (χ2n) is 5.05. The van der Waals surface area contributed by atoms with Gasteiger partial charge in [0.05, 0.1) is 13.2 Å². The van der Waals surface area contributed by atoms with Gasteiger partial charge in [-0.05, 0) is 19.3 Å². The van der Waals surface area contributed by atoms with Crippen LogP contribution in [0.15, 0.2) is 0 Å². The molecule has 3 rings (SSSR count). The number of carbonyl (C=O) groups excluding carboxylic acids is 1. The number of piperidine rings is 2. The van der Waals surface area contributed by atoms with Gasteiger partial charge in [0.15, 0.2) is 5.79 Å². The van der Waals surface area contributed by atoms with Crippen LogP contribution in [0.3, 0.4) is 0 Å². The van der Waals surface area contributed by atoms with Crippen LogP contribution in [0.2, 0.25) is 0 Å². The number of hydrogen-bond acceptors (Lipinski definition) is 3. The standard InChI is InChI=1S/C12H19NO3/c14-11-4-1-3-10-9-12(5-6-13(10)11)15-7-2-8-16-12/h10H,1-9H2. The predicted molar refractivity (Wildman–Crippen MR) is 57.8 cm³/mol. The molecule has 0 aliphatic carbocycles. The second-order valence-corrected chi connectivity index (χ2v) is 5.05. The predicted octanol–water partition coefficient (Wildman–Crippen LogP) is 1.29. The van der Waals surface area contributed by atoms with Gasteiger partial charge in [-0.15, -0.1) is 0 Å². The molecule has 0 saturated carbocycles. The van der Waals surface area contributed by atoms with Crippen molar-refractivity contribution in [3.05, 3.63) is 0 Å². The van der Waals surface area contributed by atoms with E-state index in [1.165, 1.54) is 0 Å². The van der Waals surface area contributed by atoms with E-state index in [2.05, 4.69) is 0 Å². The molecular formula is C12H19NO3. The summed E-state index contributed by atoms with van der Waals surface area (Å²) in [5, 5.41) is 0. The molecule has 1 atom stereocenters. The van der Waals surface area contributed by atoms with E-state index in [-0.39, 0.29) is 5.79 Å². The molecule has 3 aliphatic rings. The van der Waals surface area contributed by atoms with Gasteiger partial charge in [0.25, 0.3) is 0 Å². The van der Waals surface area contributed by atoms with Crippen LogP contribution in [-0.4, -0.2) is 42.4 Å². The van der Waals surface area contributed by atoms with Crippen molar-refractivity contribution in [2.24, 2.45) is 0 Å². The molecule has 0 aromatic carbocycles. The first kappa shape index (κ1) is 10.5. The number of fused-ring (bicyclic) bond motifs is 1. The lowest BCUT2D eigenvalue weighted by molar-refractivity contribution is -0.290. The van der Waals surface area contributed by atoms with E-state index in [0.717, 1.165) is 58.3 Å². The van der Waals surface area contributed by atoms with Crippen LogP contribution < -0.4 is 0 Å². The zero-order chi connectivity index (χ0) is 11.0. The SMILES string of the molecule is O=C1CCCC2CC3(CCN12)OCCCO3. The van der Waals surface area contributed by atoms with Crippen molar-refractivity contribution in [3.8, 4) is 0 Å². The molecule has 0 radical (unpaired) electrons. The van der Waals surface area contributed by atoms with E-state index in [9.17, 15) is 4.79 Å². The molecule has 1 spiro atoms. The summed E-state index contributed by atoms with van der Waals surface area (Å²) in [4.78, 5) is 13.8. The molecule has 4 nitrogen and oxygen atoms in total. The molecular weight excluding hydrogens is 206 g/mol. The van der Waals surface area contributed by atoms with Crippen molar-refractivity contribution in [2.45, 2.75) is 50.4 Å². The third-order valence-corrected chi connectivity index (χ3v) is 3.99. The lowest BCUT2D eigenvalue weighted by atomic mass is 9.88. The molecule has 1 amide bonds. The highest BCUT2D eigenvalue weighted by molar-refractivity contribution is 5.77. The smallest absolute Gasteiger partial charge is 0.222 e. The summed E-state index contributed by atoms with van der Waals surface area (Å²) in [6.45, 7) is 2.42. The summed E-state index contributed by atoms with van der Waals surface area (Å²) in [6, 6.07) is 0.355. The molecule has 3 aliphatic heterocycles. The lowest BCUT2D eigenvalue weighted by Gasteiger charge is -2.49. The van der Waals surface area contributed by atoms with Crippen LogP contribution in [-0.2, 0) is 14.3 Å². The minimum Gasteiger partial charge on any atom is -0.350 e. The fraction of sp³-hybridized carbons (Fsp3) is 0.917. The Morgan fingerprint density at radius 2 is 2.06 bits per heavy atom. The monoisotopic (exact) mass is 225 g/mol. The van der Waals surface area contributed by atoms with Gasteiger partial charge < -0.3 is 14.4 Å². The Balaban J connectivity index is 1.72. The Morgan fingerprint density at radius 3 is 2.88 bits per heavy atom. The fourth-order valence-corrected chi connectivity index (χ4v) is 3.14. The number of nitrogens with zero attached hydrogens (tertiary/aromatic N) is 1. The van der Waals surface area contributed by atoms with Gasteiger partial charge in [0, 0.05) is 31.8 Å². The van der Waals surface area contributed by atoms with Crippen LogP contribution >= 0.6 is 0 Å². The number of ether oxygens (including phenoxy) is 2. The molecule has 3 heterocycles. The van der Waals surface area contributed by atoms with Gasteiger partial charge >= 0.3 is 0 Å². The van der Waals surface area contributed by atoms with Crippen molar-refractivity contribution < 1.29 is 14.3 Å². The third-order valence-electron chi connectivity index (χ3n) is 3.99. The summed E-state index contributed by atoms with van der Waals surface area (Å²) >= 11 is 0. The number of rotatable bonds is 0. The number of carbonyl (C=O) groups is 1. The first-order valence-electron chi connectivity index (χ1n) is 6.36. The minimum absolute atomic E-state index is 0.321. The van der Waals surface area contributed by atoms with Crippen molar-refractivity contribution in [2.75, 3.05) is 19.8 Å². The minimum atomic E-state index is -0.364. The highest BCUT2D eigenvalue weighted by Gasteiger charge is 2.45. The Kier molecular flexibility index (Phi) is 2.64. The summed E-state index contributed by atoms with van der Waals surface area (Å²) in [5.41, 5.74) is 0. The number of amides is 1. The van der Waals surface area contributed by atoms with Crippen LogP contribution in [0.4, 0.5) is 0 Å². The maximum atomic E-state index is 11.7. The molecule has 0 aromatic heterocycles. The highest BCUT2D eigenvalue weighted by Crippen LogP contribution is 2.37. The topological polar surface area (TPSA) is 38.8 Å². The van der Waals surface area contributed by atoms with E-state index in [1.54, 1.807) is 0 Å². The van der Waals surface area contributed by atoms with Crippen molar-refractivity contribution >= 4 is 5.91 Å². The quantitative estimate of drug-likeness (QED) is 0.623. The zero-order valence-electron chi connectivity index (χ0n) is 9.61. The van der Waals surface area contributed by atoms with Gasteiger partial charge in [0.2, 0.25) is 5.91 Å². The molecule has 3 fully saturated rings. The summed E-state index contributed by atoms with van der Waals surface area (Å²) in [5.74, 6) is -0.0428. The van der Waals surface area contributed by atoms with E-state index in [1.807, 2.05) is 4.90 Å². The maximum Gasteiger partial charge on any atom is 0.222 e. The average molecular weight is 225 g/mol. The summed E-state index contributed by atoms with van der Waals surface area (Å²) in [7, 11) is 0. The van der Waals surface area contributed by atoms with Gasteiger partial charge in [-0.2, -0.15) is 0 Å². The van der Waals surface area contributed by atoms with Crippen LogP contribution in [0.1, 0.15) is 38.5 Å². The Bertz CT molecular complexity index is 286. The molecule has 90 valence electrons. The largest absolute Gasteiger partial charge is 0.350 e. The normalized spacial score (nSPS) is 33.9. The highest BCUT2D eigenvalue weighted by atomic mass is 16.7. The molecule has 0 bridgehead atoms. The second kappa shape index (κ2) is 4.00. The molecule has 4 heteroatoms. The van der Waals surface area contributed by atoms with Crippen molar-refractivity contribution in [3.63, 3.8) is 0 Å². The van der Waals surface area contributed by atoms with Gasteiger partial charge in [-0.25, -0.2) is 0 Å². The molecule has 0 aromatic rings. The van der Waals surface area contributed by atoms with Crippen LogP contribution in [0.25, 0.3) is 0 Å². The first-order chi connectivity index (χ1) is 7.79. The molecule has 0 N–H and O–H groups in total. The van der Waals surface area contributed by atoms with Gasteiger partial charge in [0.1, 0.15) is 0 Å². The lowest BCUT2D eigenvalue weighted by Crippen LogP contribution is -2.57. The average Bonchev–Trinajstić information content (AvgIpc) is 2.30. The van der Waals surface area contributed by atoms with Crippen molar-refractivity contribution in [1.82, 2.24) is 4.90 Å². The van der Waals surface area contributed by atoms with Gasteiger partial charge in [-0.3, -0.25) is 4.79 Å². The maximum absolute atomic E-state index is 11.7. The summed E-state index contributed by atoms with van der Waals surface area (Å²) in [6.07, 6.45) is 5.57. The number of hydrogen-bond donors (Lipinski definition) is 0. The zero-order valence-corrected chi connectivity index (χ0v) is 9.61. The Labute approximate surface area is 95.9 Å². The van der Waals surface area contributed by atoms with Gasteiger partial charge in [-0.1, -0.05) is 0 Å². The third kappa shape index (κ3) is 1.74. The molecule has 16 heavy (non-hydrogen) atoms. The van der Waals surface area contributed by atoms with E-state index < -0.39 is 0 Å². The van der Waals surface area contributed by atoms with Crippen LogP contribution in [0, 0.1) is 0 Å². The van der Waals surface area contributed by atoms with Crippen molar-refractivity contribution in [1.29, 1.82) is 0 Å². The fourth-order valence-electron chi connectivity index (χ4n) is 3.14. The summed E-state index contributed by atoms with van der Waals surface area (Å²) < 4.78 is 11.7. The van der Waals surface area contributed by atoms with E-state index in [4.69, 9.17) is 9.47 Å². The van der Waals surface area contributed by atoms with E-state index in [0.29, 0.717) is 11.9 Å². The van der Waals surface area contributed by atoms with E-state index >= 15 is 0 Å². The molecule has 3 saturated heterocycles. The Morgan fingerprint density at radius 1 is 1.25 bits per heavy atom.